The normalized spacial score (nSPS) is 21.3. The molecule has 2 aliphatic carbocycles. The van der Waals surface area contributed by atoms with Crippen LogP contribution in [-0.4, -0.2) is 29.8 Å². The summed E-state index contributed by atoms with van der Waals surface area (Å²) in [7, 11) is -3.63. The summed E-state index contributed by atoms with van der Waals surface area (Å²) < 4.78 is 40.5. The number of pyridine rings is 1. The first-order chi connectivity index (χ1) is 9.59. The minimum atomic E-state index is -3.63. The Hall–Kier alpha value is -1.01. The maximum Gasteiger partial charge on any atom is 0.245 e. The summed E-state index contributed by atoms with van der Waals surface area (Å²) in [5, 5.41) is 0. The molecule has 0 aliphatic heterocycles. The number of hydrogen-bond donors (Lipinski definition) is 0. The first-order valence-electron chi connectivity index (χ1n) is 7.23. The third kappa shape index (κ3) is 2.72. The molecule has 4 nitrogen and oxygen atoms in total. The lowest BCUT2D eigenvalue weighted by Gasteiger charge is -2.33. The smallest absolute Gasteiger partial charge is 0.245 e. The molecule has 2 aliphatic rings. The van der Waals surface area contributed by atoms with Gasteiger partial charge in [0.15, 0.2) is 0 Å². The monoisotopic (exact) mass is 298 g/mol. The molecule has 0 atom stereocenters. The molecule has 2 fully saturated rings. The van der Waals surface area contributed by atoms with E-state index in [0.717, 1.165) is 50.8 Å². The van der Waals surface area contributed by atoms with Crippen LogP contribution in [0.25, 0.3) is 0 Å². The highest BCUT2D eigenvalue weighted by Gasteiger charge is 2.42. The van der Waals surface area contributed by atoms with Crippen LogP contribution in [0.4, 0.5) is 4.39 Å². The summed E-state index contributed by atoms with van der Waals surface area (Å²) in [6.07, 6.45) is 9.26. The second-order valence-electron chi connectivity index (χ2n) is 5.70. The van der Waals surface area contributed by atoms with Crippen molar-refractivity contribution in [2.45, 2.75) is 61.9 Å². The number of sulfonamides is 1. The van der Waals surface area contributed by atoms with Gasteiger partial charge >= 0.3 is 0 Å². The van der Waals surface area contributed by atoms with Gasteiger partial charge in [-0.25, -0.2) is 12.8 Å². The molecule has 0 spiro atoms. The highest BCUT2D eigenvalue weighted by molar-refractivity contribution is 7.89. The summed E-state index contributed by atoms with van der Waals surface area (Å²) in [6, 6.07) is 1.25. The third-order valence-corrected chi connectivity index (χ3v) is 6.07. The molecule has 0 bridgehead atoms. The topological polar surface area (TPSA) is 50.3 Å². The van der Waals surface area contributed by atoms with Crippen LogP contribution in [0.1, 0.15) is 44.9 Å². The summed E-state index contributed by atoms with van der Waals surface area (Å²) in [5.41, 5.74) is 0. The molecule has 6 heteroatoms. The van der Waals surface area contributed by atoms with E-state index in [2.05, 4.69) is 4.98 Å². The molecule has 3 rings (SSSR count). The Balaban J connectivity index is 1.93. The molecular formula is C14H19FN2O2S. The van der Waals surface area contributed by atoms with Crippen LogP contribution in [0, 0.1) is 5.82 Å². The largest absolute Gasteiger partial charge is 0.260 e. The average Bonchev–Trinajstić information content (AvgIpc) is 3.24. The van der Waals surface area contributed by atoms with Gasteiger partial charge in [-0.3, -0.25) is 4.98 Å². The van der Waals surface area contributed by atoms with E-state index >= 15 is 0 Å². The van der Waals surface area contributed by atoms with Crippen molar-refractivity contribution in [1.29, 1.82) is 0 Å². The van der Waals surface area contributed by atoms with Crippen molar-refractivity contribution in [1.82, 2.24) is 9.29 Å². The van der Waals surface area contributed by atoms with Gasteiger partial charge in [-0.1, -0.05) is 19.3 Å². The second-order valence-corrected chi connectivity index (χ2v) is 7.54. The first kappa shape index (κ1) is 13.9. The highest BCUT2D eigenvalue weighted by atomic mass is 32.2. The molecule has 0 radical (unpaired) electrons. The van der Waals surface area contributed by atoms with Crippen molar-refractivity contribution in [2.75, 3.05) is 0 Å². The lowest BCUT2D eigenvalue weighted by Crippen LogP contribution is -2.43. The molecule has 1 aromatic rings. The molecule has 0 amide bonds. The molecule has 1 heterocycles. The second kappa shape index (κ2) is 5.41. The Morgan fingerprint density at radius 3 is 2.30 bits per heavy atom. The van der Waals surface area contributed by atoms with Gasteiger partial charge in [-0.15, -0.1) is 0 Å². The van der Waals surface area contributed by atoms with Gasteiger partial charge in [0.05, 0.1) is 6.20 Å². The van der Waals surface area contributed by atoms with Crippen LogP contribution in [0.15, 0.2) is 23.4 Å². The van der Waals surface area contributed by atoms with Gasteiger partial charge in [0.2, 0.25) is 10.0 Å². The van der Waals surface area contributed by atoms with Gasteiger partial charge in [-0.05, 0) is 31.7 Å². The van der Waals surface area contributed by atoms with Gasteiger partial charge in [0.25, 0.3) is 0 Å². The Bertz CT molecular complexity index is 581. The van der Waals surface area contributed by atoms with E-state index in [9.17, 15) is 12.8 Å². The molecule has 0 aromatic carbocycles. The first-order valence-corrected chi connectivity index (χ1v) is 8.67. The Morgan fingerprint density at radius 1 is 1.05 bits per heavy atom. The quantitative estimate of drug-likeness (QED) is 0.858. The number of hydrogen-bond acceptors (Lipinski definition) is 3. The lowest BCUT2D eigenvalue weighted by atomic mass is 9.95. The minimum absolute atomic E-state index is 0.0185. The maximum absolute atomic E-state index is 13.3. The molecule has 0 unspecified atom stereocenters. The molecule has 20 heavy (non-hydrogen) atoms. The Kier molecular flexibility index (Phi) is 3.77. The van der Waals surface area contributed by atoms with Crippen LogP contribution < -0.4 is 0 Å². The van der Waals surface area contributed by atoms with Crippen LogP contribution in [0.3, 0.4) is 0 Å². The van der Waals surface area contributed by atoms with E-state index in [0.29, 0.717) is 0 Å². The van der Waals surface area contributed by atoms with Crippen molar-refractivity contribution >= 4 is 10.0 Å². The highest BCUT2D eigenvalue weighted by Crippen LogP contribution is 2.37. The fourth-order valence-corrected chi connectivity index (χ4v) is 4.92. The van der Waals surface area contributed by atoms with E-state index in [1.54, 1.807) is 4.31 Å². The zero-order valence-corrected chi connectivity index (χ0v) is 12.2. The van der Waals surface area contributed by atoms with E-state index in [1.165, 1.54) is 12.6 Å². The lowest BCUT2D eigenvalue weighted by molar-refractivity contribution is 0.246. The summed E-state index contributed by atoms with van der Waals surface area (Å²) >= 11 is 0. The van der Waals surface area contributed by atoms with E-state index in [1.807, 2.05) is 0 Å². The van der Waals surface area contributed by atoms with Crippen molar-refractivity contribution in [2.24, 2.45) is 0 Å². The molecule has 1 aromatic heterocycles. The van der Waals surface area contributed by atoms with Crippen molar-refractivity contribution in [3.8, 4) is 0 Å². The maximum atomic E-state index is 13.3. The van der Waals surface area contributed by atoms with Crippen molar-refractivity contribution in [3.05, 3.63) is 24.3 Å². The van der Waals surface area contributed by atoms with Crippen LogP contribution in [0.5, 0.6) is 0 Å². The number of aromatic nitrogens is 1. The predicted octanol–water partition coefficient (Wildman–Crippen LogP) is 2.71. The van der Waals surface area contributed by atoms with E-state index in [4.69, 9.17) is 0 Å². The summed E-state index contributed by atoms with van der Waals surface area (Å²) in [6.45, 7) is 0. The summed E-state index contributed by atoms with van der Waals surface area (Å²) in [5.74, 6) is -0.606. The molecule has 0 saturated heterocycles. The third-order valence-electron chi connectivity index (χ3n) is 4.10. The standard InChI is InChI=1S/C14H19FN2O2S/c15-11-8-14(10-16-9-11)20(18,19)17(13-6-7-13)12-4-2-1-3-5-12/h8-10,12-13H,1-7H2. The van der Waals surface area contributed by atoms with Crippen LogP contribution >= 0.6 is 0 Å². The van der Waals surface area contributed by atoms with Crippen molar-refractivity contribution in [3.63, 3.8) is 0 Å². The SMILES string of the molecule is O=S(=O)(c1cncc(F)c1)N(C1CCCCC1)C1CC1. The molecule has 110 valence electrons. The molecule has 0 N–H and O–H groups in total. The number of halogens is 1. The van der Waals surface area contributed by atoms with Gasteiger partial charge in [0, 0.05) is 18.3 Å². The molecular weight excluding hydrogens is 279 g/mol. The number of rotatable bonds is 4. The fraction of sp³-hybridized carbons (Fsp3) is 0.643. The van der Waals surface area contributed by atoms with E-state index < -0.39 is 15.8 Å². The molecule has 2 saturated carbocycles. The Labute approximate surface area is 119 Å². The van der Waals surface area contributed by atoms with Gasteiger partial charge in [0.1, 0.15) is 10.7 Å². The summed E-state index contributed by atoms with van der Waals surface area (Å²) in [4.78, 5) is 3.66. The number of nitrogens with zero attached hydrogens (tertiary/aromatic N) is 2. The fourth-order valence-electron chi connectivity index (χ4n) is 3.01. The van der Waals surface area contributed by atoms with Gasteiger partial charge in [-0.2, -0.15) is 4.31 Å². The van der Waals surface area contributed by atoms with Crippen LogP contribution in [-0.2, 0) is 10.0 Å². The van der Waals surface area contributed by atoms with E-state index in [-0.39, 0.29) is 17.0 Å². The van der Waals surface area contributed by atoms with Crippen molar-refractivity contribution < 1.29 is 12.8 Å². The predicted molar refractivity (Wildman–Crippen MR) is 73.1 cm³/mol. The van der Waals surface area contributed by atoms with Crippen LogP contribution in [0.2, 0.25) is 0 Å². The minimum Gasteiger partial charge on any atom is -0.260 e. The zero-order valence-electron chi connectivity index (χ0n) is 11.3. The van der Waals surface area contributed by atoms with Gasteiger partial charge < -0.3 is 0 Å². The average molecular weight is 298 g/mol. The Morgan fingerprint density at radius 2 is 1.70 bits per heavy atom. The zero-order chi connectivity index (χ0) is 14.2.